The molecule has 9 heteroatoms. The first-order valence-corrected chi connectivity index (χ1v) is 9.64. The normalized spacial score (nSPS) is 15.1. The molecule has 1 aliphatic rings. The maximum atomic E-state index is 12.6. The predicted octanol–water partition coefficient (Wildman–Crippen LogP) is 3.32. The summed E-state index contributed by atoms with van der Waals surface area (Å²) in [7, 11) is 0. The number of nitrogens with zero attached hydrogens (tertiary/aromatic N) is 2. The van der Waals surface area contributed by atoms with E-state index in [9.17, 15) is 22.8 Å². The zero-order chi connectivity index (χ0) is 20.9. The van der Waals surface area contributed by atoms with Crippen LogP contribution in [0.2, 0.25) is 0 Å². The molecule has 2 aromatic rings. The minimum atomic E-state index is -4.50. The van der Waals surface area contributed by atoms with Crippen LogP contribution in [0.1, 0.15) is 48.2 Å². The van der Waals surface area contributed by atoms with E-state index in [1.807, 2.05) is 0 Å². The standard InChI is InChI=1S/C20H23F3N4O2/c21-20(22,23)17-10-13-27(26-17)16-8-6-15(7-9-16)19(29)25-12-11-24-18(28)14-4-2-1-3-5-14/h6-10,13-14H,1-5,11-12H2,(H,24,28)(H,25,29). The summed E-state index contributed by atoms with van der Waals surface area (Å²) in [6, 6.07) is 6.96. The number of aromatic nitrogens is 2. The monoisotopic (exact) mass is 408 g/mol. The molecule has 0 spiro atoms. The van der Waals surface area contributed by atoms with Gasteiger partial charge in [-0.05, 0) is 43.2 Å². The van der Waals surface area contributed by atoms with Crippen LogP contribution in [0.15, 0.2) is 36.5 Å². The van der Waals surface area contributed by atoms with Gasteiger partial charge in [0, 0.05) is 30.8 Å². The van der Waals surface area contributed by atoms with E-state index in [1.165, 1.54) is 36.9 Å². The molecule has 156 valence electrons. The second-order valence-electron chi connectivity index (χ2n) is 7.07. The Bertz CT molecular complexity index is 840. The average molecular weight is 408 g/mol. The number of carbonyl (C=O) groups excluding carboxylic acids is 2. The fourth-order valence-electron chi connectivity index (χ4n) is 3.36. The highest BCUT2D eigenvalue weighted by Gasteiger charge is 2.33. The molecular weight excluding hydrogens is 385 g/mol. The number of halogens is 3. The molecule has 0 unspecified atom stereocenters. The largest absolute Gasteiger partial charge is 0.435 e. The van der Waals surface area contributed by atoms with Crippen molar-refractivity contribution in [2.24, 2.45) is 5.92 Å². The summed E-state index contributed by atoms with van der Waals surface area (Å²) in [5.41, 5.74) is -0.193. The molecule has 1 heterocycles. The minimum Gasteiger partial charge on any atom is -0.354 e. The Morgan fingerprint density at radius 1 is 1.00 bits per heavy atom. The maximum absolute atomic E-state index is 12.6. The Balaban J connectivity index is 1.46. The SMILES string of the molecule is O=C(NCCNC(=O)C1CCCCC1)c1ccc(-n2ccc(C(F)(F)F)n2)cc1. The highest BCUT2D eigenvalue weighted by Crippen LogP contribution is 2.28. The van der Waals surface area contributed by atoms with Crippen LogP contribution in [0.4, 0.5) is 13.2 Å². The molecule has 0 atom stereocenters. The lowest BCUT2D eigenvalue weighted by Gasteiger charge is -2.20. The molecule has 2 N–H and O–H groups in total. The maximum Gasteiger partial charge on any atom is 0.435 e. The Labute approximate surface area is 166 Å². The van der Waals surface area contributed by atoms with Gasteiger partial charge in [0.15, 0.2) is 5.69 Å². The van der Waals surface area contributed by atoms with Gasteiger partial charge in [-0.3, -0.25) is 9.59 Å². The summed E-state index contributed by atoms with van der Waals surface area (Å²) in [5, 5.41) is 9.06. The lowest BCUT2D eigenvalue weighted by molar-refractivity contribution is -0.141. The molecule has 1 saturated carbocycles. The van der Waals surface area contributed by atoms with Gasteiger partial charge >= 0.3 is 6.18 Å². The molecular formula is C20H23F3N4O2. The number of hydrogen-bond donors (Lipinski definition) is 2. The molecule has 6 nitrogen and oxygen atoms in total. The zero-order valence-corrected chi connectivity index (χ0v) is 15.8. The Hall–Kier alpha value is -2.84. The summed E-state index contributed by atoms with van der Waals surface area (Å²) in [6.07, 6.45) is 1.91. The van der Waals surface area contributed by atoms with E-state index in [4.69, 9.17) is 0 Å². The van der Waals surface area contributed by atoms with Crippen molar-refractivity contribution in [2.75, 3.05) is 13.1 Å². The third kappa shape index (κ3) is 5.58. The van der Waals surface area contributed by atoms with Crippen molar-refractivity contribution >= 4 is 11.8 Å². The van der Waals surface area contributed by atoms with Gasteiger partial charge in [-0.1, -0.05) is 19.3 Å². The van der Waals surface area contributed by atoms with Crippen molar-refractivity contribution in [1.82, 2.24) is 20.4 Å². The minimum absolute atomic E-state index is 0.0424. The lowest BCUT2D eigenvalue weighted by atomic mass is 9.89. The molecule has 29 heavy (non-hydrogen) atoms. The van der Waals surface area contributed by atoms with Crippen LogP contribution in [-0.2, 0) is 11.0 Å². The first-order valence-electron chi connectivity index (χ1n) is 9.64. The first-order chi connectivity index (χ1) is 13.8. The third-order valence-corrected chi connectivity index (χ3v) is 4.96. The van der Waals surface area contributed by atoms with E-state index < -0.39 is 11.9 Å². The Morgan fingerprint density at radius 2 is 1.66 bits per heavy atom. The molecule has 0 aliphatic heterocycles. The van der Waals surface area contributed by atoms with Crippen molar-refractivity contribution in [3.8, 4) is 5.69 Å². The fourth-order valence-corrected chi connectivity index (χ4v) is 3.36. The summed E-state index contributed by atoms with van der Waals surface area (Å²) >= 11 is 0. The van der Waals surface area contributed by atoms with Crippen LogP contribution >= 0.6 is 0 Å². The molecule has 0 bridgehead atoms. The molecule has 1 fully saturated rings. The number of amides is 2. The molecule has 0 saturated heterocycles. The molecule has 0 radical (unpaired) electrons. The van der Waals surface area contributed by atoms with Crippen LogP contribution in [0.25, 0.3) is 5.69 Å². The second kappa shape index (κ2) is 9.11. The number of carbonyl (C=O) groups is 2. The van der Waals surface area contributed by atoms with Crippen molar-refractivity contribution in [1.29, 1.82) is 0 Å². The number of alkyl halides is 3. The third-order valence-electron chi connectivity index (χ3n) is 4.96. The van der Waals surface area contributed by atoms with Crippen molar-refractivity contribution in [3.05, 3.63) is 47.8 Å². The molecule has 1 aliphatic carbocycles. The topological polar surface area (TPSA) is 76.0 Å². The van der Waals surface area contributed by atoms with Crippen LogP contribution in [-0.4, -0.2) is 34.7 Å². The Kier molecular flexibility index (Phi) is 6.56. The Morgan fingerprint density at radius 3 is 2.28 bits per heavy atom. The van der Waals surface area contributed by atoms with Gasteiger partial charge < -0.3 is 10.6 Å². The van der Waals surface area contributed by atoms with Gasteiger partial charge in [-0.2, -0.15) is 18.3 Å². The number of benzene rings is 1. The van der Waals surface area contributed by atoms with Gasteiger partial charge in [-0.25, -0.2) is 4.68 Å². The van der Waals surface area contributed by atoms with Crippen molar-refractivity contribution < 1.29 is 22.8 Å². The highest BCUT2D eigenvalue weighted by molar-refractivity contribution is 5.94. The summed E-state index contributed by atoms with van der Waals surface area (Å²) in [5.74, 6) is -0.201. The first kappa shape index (κ1) is 20.9. The molecule has 2 amide bonds. The molecule has 1 aromatic carbocycles. The smallest absolute Gasteiger partial charge is 0.354 e. The quantitative estimate of drug-likeness (QED) is 0.720. The number of rotatable bonds is 6. The second-order valence-corrected chi connectivity index (χ2v) is 7.07. The number of hydrogen-bond acceptors (Lipinski definition) is 3. The van der Waals surface area contributed by atoms with E-state index >= 15 is 0 Å². The molecule has 1 aromatic heterocycles. The summed E-state index contributed by atoms with van der Waals surface area (Å²) in [4.78, 5) is 24.2. The number of nitrogens with one attached hydrogen (secondary N) is 2. The van der Waals surface area contributed by atoms with Gasteiger partial charge in [0.05, 0.1) is 5.69 Å². The van der Waals surface area contributed by atoms with Gasteiger partial charge in [0.25, 0.3) is 5.91 Å². The lowest BCUT2D eigenvalue weighted by Crippen LogP contribution is -2.38. The predicted molar refractivity (Wildman–Crippen MR) is 100 cm³/mol. The molecule has 3 rings (SSSR count). The highest BCUT2D eigenvalue weighted by atomic mass is 19.4. The van der Waals surface area contributed by atoms with Crippen LogP contribution in [0.3, 0.4) is 0 Å². The van der Waals surface area contributed by atoms with Crippen LogP contribution < -0.4 is 10.6 Å². The average Bonchev–Trinajstić information content (AvgIpc) is 3.22. The zero-order valence-electron chi connectivity index (χ0n) is 15.8. The van der Waals surface area contributed by atoms with Crippen LogP contribution in [0.5, 0.6) is 0 Å². The van der Waals surface area contributed by atoms with E-state index in [-0.39, 0.29) is 17.7 Å². The van der Waals surface area contributed by atoms with E-state index in [1.54, 1.807) is 0 Å². The summed E-state index contributed by atoms with van der Waals surface area (Å²) in [6.45, 7) is 0.653. The van der Waals surface area contributed by atoms with Gasteiger partial charge in [0.1, 0.15) is 0 Å². The summed E-state index contributed by atoms with van der Waals surface area (Å²) < 4.78 is 39.0. The van der Waals surface area contributed by atoms with E-state index in [0.29, 0.717) is 24.3 Å². The van der Waals surface area contributed by atoms with Crippen molar-refractivity contribution in [2.45, 2.75) is 38.3 Å². The van der Waals surface area contributed by atoms with Gasteiger partial charge in [0.2, 0.25) is 5.91 Å². The van der Waals surface area contributed by atoms with E-state index in [2.05, 4.69) is 15.7 Å². The van der Waals surface area contributed by atoms with Crippen molar-refractivity contribution in [3.63, 3.8) is 0 Å². The van der Waals surface area contributed by atoms with E-state index in [0.717, 1.165) is 36.4 Å². The van der Waals surface area contributed by atoms with Gasteiger partial charge in [-0.15, -0.1) is 0 Å². The fraction of sp³-hybridized carbons (Fsp3) is 0.450. The van der Waals surface area contributed by atoms with Crippen LogP contribution in [0, 0.1) is 5.92 Å².